The topological polar surface area (TPSA) is 63.6 Å². The Morgan fingerprint density at radius 2 is 2.05 bits per heavy atom. The number of esters is 1. The van der Waals surface area contributed by atoms with Gasteiger partial charge in [-0.25, -0.2) is 4.79 Å². The number of carboxylic acid groups (broad SMARTS) is 1. The van der Waals surface area contributed by atoms with E-state index in [0.29, 0.717) is 0 Å². The molecule has 1 aromatic carbocycles. The zero-order chi connectivity index (χ0) is 14.5. The van der Waals surface area contributed by atoms with E-state index in [9.17, 15) is 9.59 Å². The van der Waals surface area contributed by atoms with Crippen LogP contribution in [0.15, 0.2) is 23.1 Å². The third-order valence-electron chi connectivity index (χ3n) is 3.38. The first-order valence-electron chi connectivity index (χ1n) is 6.72. The van der Waals surface area contributed by atoms with Crippen LogP contribution in [0.25, 0.3) is 0 Å². The fraction of sp³-hybridized carbons (Fsp3) is 0.467. The summed E-state index contributed by atoms with van der Waals surface area (Å²) in [5.41, 5.74) is 1.20. The number of hydrogen-bond donors (Lipinski definition) is 1. The highest BCUT2D eigenvalue weighted by Crippen LogP contribution is 2.25. The van der Waals surface area contributed by atoms with Crippen molar-refractivity contribution in [2.24, 2.45) is 0 Å². The second-order valence-corrected chi connectivity index (χ2v) is 5.99. The van der Waals surface area contributed by atoms with Gasteiger partial charge in [-0.15, -0.1) is 11.8 Å². The fourth-order valence-corrected chi connectivity index (χ4v) is 3.10. The normalized spacial score (nSPS) is 15.2. The number of benzene rings is 1. The van der Waals surface area contributed by atoms with Crippen LogP contribution in [-0.2, 0) is 9.53 Å². The maximum atomic E-state index is 11.7. The quantitative estimate of drug-likeness (QED) is 0.667. The van der Waals surface area contributed by atoms with E-state index >= 15 is 0 Å². The summed E-state index contributed by atoms with van der Waals surface area (Å²) in [6.45, 7) is 1.90. The molecule has 1 aliphatic rings. The fourth-order valence-electron chi connectivity index (χ4n) is 2.25. The van der Waals surface area contributed by atoms with Gasteiger partial charge in [-0.05, 0) is 50.3 Å². The summed E-state index contributed by atoms with van der Waals surface area (Å²) < 4.78 is 5.37. The zero-order valence-electron chi connectivity index (χ0n) is 11.4. The van der Waals surface area contributed by atoms with Crippen LogP contribution in [0.3, 0.4) is 0 Å². The van der Waals surface area contributed by atoms with Crippen molar-refractivity contribution in [2.75, 3.05) is 5.75 Å². The Hall–Kier alpha value is -1.49. The summed E-state index contributed by atoms with van der Waals surface area (Å²) in [7, 11) is 0. The van der Waals surface area contributed by atoms with Crippen LogP contribution in [0.5, 0.6) is 0 Å². The Labute approximate surface area is 122 Å². The predicted molar refractivity (Wildman–Crippen MR) is 77.2 cm³/mol. The van der Waals surface area contributed by atoms with Gasteiger partial charge in [-0.3, -0.25) is 4.79 Å². The summed E-state index contributed by atoms with van der Waals surface area (Å²) in [6, 6.07) is 4.93. The van der Waals surface area contributed by atoms with Gasteiger partial charge in [0.15, 0.2) is 0 Å². The standard InChI is InChI=1S/C15H18O4S/c1-10-6-7-11(15(17)18)8-13(10)20-9-14(16)19-12-4-2-3-5-12/h6-8,12H,2-5,9H2,1H3,(H,17,18). The lowest BCUT2D eigenvalue weighted by atomic mass is 10.1. The average molecular weight is 294 g/mol. The van der Waals surface area contributed by atoms with Crippen LogP contribution in [0.2, 0.25) is 0 Å². The molecule has 0 aromatic heterocycles. The highest BCUT2D eigenvalue weighted by atomic mass is 32.2. The van der Waals surface area contributed by atoms with Crippen molar-refractivity contribution in [3.63, 3.8) is 0 Å². The van der Waals surface area contributed by atoms with Gasteiger partial charge in [0.05, 0.1) is 11.3 Å². The number of aryl methyl sites for hydroxylation is 1. The third-order valence-corrected chi connectivity index (χ3v) is 4.51. The molecule has 0 spiro atoms. The van der Waals surface area contributed by atoms with E-state index in [0.717, 1.165) is 36.1 Å². The van der Waals surface area contributed by atoms with Crippen LogP contribution in [0.1, 0.15) is 41.6 Å². The van der Waals surface area contributed by atoms with E-state index in [1.54, 1.807) is 18.2 Å². The molecule has 1 fully saturated rings. The number of thioether (sulfide) groups is 1. The zero-order valence-corrected chi connectivity index (χ0v) is 12.2. The van der Waals surface area contributed by atoms with Gasteiger partial charge in [-0.2, -0.15) is 0 Å². The molecule has 2 rings (SSSR count). The molecule has 0 radical (unpaired) electrons. The Kier molecular flexibility index (Phi) is 5.06. The average Bonchev–Trinajstić information content (AvgIpc) is 2.90. The number of carbonyl (C=O) groups excluding carboxylic acids is 1. The summed E-state index contributed by atoms with van der Waals surface area (Å²) in [6.07, 6.45) is 4.26. The molecule has 0 saturated heterocycles. The molecule has 1 N–H and O–H groups in total. The van der Waals surface area contributed by atoms with Crippen LogP contribution >= 0.6 is 11.8 Å². The Bertz CT molecular complexity index is 507. The van der Waals surface area contributed by atoms with Crippen LogP contribution in [0, 0.1) is 6.92 Å². The molecule has 0 heterocycles. The van der Waals surface area contributed by atoms with Crippen LogP contribution < -0.4 is 0 Å². The molecule has 0 bridgehead atoms. The monoisotopic (exact) mass is 294 g/mol. The van der Waals surface area contributed by atoms with Crippen molar-refractivity contribution in [3.05, 3.63) is 29.3 Å². The number of rotatable bonds is 5. The van der Waals surface area contributed by atoms with Crippen molar-refractivity contribution < 1.29 is 19.4 Å². The molecule has 108 valence electrons. The lowest BCUT2D eigenvalue weighted by molar-refractivity contribution is -0.145. The highest BCUT2D eigenvalue weighted by molar-refractivity contribution is 8.00. The van der Waals surface area contributed by atoms with Crippen molar-refractivity contribution in [2.45, 2.75) is 43.6 Å². The lowest BCUT2D eigenvalue weighted by Gasteiger charge is -2.11. The van der Waals surface area contributed by atoms with Gasteiger partial charge >= 0.3 is 11.9 Å². The number of carboxylic acids is 1. The van der Waals surface area contributed by atoms with E-state index in [1.165, 1.54) is 11.8 Å². The first kappa shape index (κ1) is 14.9. The second kappa shape index (κ2) is 6.79. The third kappa shape index (κ3) is 4.00. The second-order valence-electron chi connectivity index (χ2n) is 4.97. The predicted octanol–water partition coefficient (Wildman–Crippen LogP) is 3.27. The molecule has 0 amide bonds. The number of ether oxygens (including phenoxy) is 1. The highest BCUT2D eigenvalue weighted by Gasteiger charge is 2.19. The molecule has 0 atom stereocenters. The van der Waals surface area contributed by atoms with Crippen molar-refractivity contribution in [1.82, 2.24) is 0 Å². The van der Waals surface area contributed by atoms with E-state index in [-0.39, 0.29) is 23.4 Å². The molecule has 5 heteroatoms. The first-order chi connectivity index (χ1) is 9.56. The van der Waals surface area contributed by atoms with E-state index in [2.05, 4.69) is 0 Å². The summed E-state index contributed by atoms with van der Waals surface area (Å²) in [5, 5.41) is 8.97. The minimum absolute atomic E-state index is 0.0783. The molecule has 20 heavy (non-hydrogen) atoms. The van der Waals surface area contributed by atoms with Gasteiger partial charge < -0.3 is 9.84 Å². The maximum absolute atomic E-state index is 11.7. The molecule has 1 aromatic rings. The van der Waals surface area contributed by atoms with Crippen LogP contribution in [-0.4, -0.2) is 28.9 Å². The number of carbonyl (C=O) groups is 2. The van der Waals surface area contributed by atoms with Crippen LogP contribution in [0.4, 0.5) is 0 Å². The van der Waals surface area contributed by atoms with Crippen molar-refractivity contribution >= 4 is 23.7 Å². The Morgan fingerprint density at radius 3 is 2.70 bits per heavy atom. The first-order valence-corrected chi connectivity index (χ1v) is 7.71. The molecular formula is C15H18O4S. The molecule has 1 saturated carbocycles. The summed E-state index contributed by atoms with van der Waals surface area (Å²) in [5.74, 6) is -0.956. The smallest absolute Gasteiger partial charge is 0.335 e. The van der Waals surface area contributed by atoms with E-state index in [4.69, 9.17) is 9.84 Å². The maximum Gasteiger partial charge on any atom is 0.335 e. The van der Waals surface area contributed by atoms with E-state index < -0.39 is 5.97 Å². The van der Waals surface area contributed by atoms with Crippen molar-refractivity contribution in [1.29, 1.82) is 0 Å². The molecule has 0 aliphatic heterocycles. The Morgan fingerprint density at radius 1 is 1.35 bits per heavy atom. The lowest BCUT2D eigenvalue weighted by Crippen LogP contribution is -2.16. The summed E-state index contributed by atoms with van der Waals surface area (Å²) >= 11 is 1.33. The SMILES string of the molecule is Cc1ccc(C(=O)O)cc1SCC(=O)OC1CCCC1. The largest absolute Gasteiger partial charge is 0.478 e. The van der Waals surface area contributed by atoms with Gasteiger partial charge in [0.2, 0.25) is 0 Å². The van der Waals surface area contributed by atoms with Gasteiger partial charge in [0.1, 0.15) is 6.10 Å². The van der Waals surface area contributed by atoms with Gasteiger partial charge in [0.25, 0.3) is 0 Å². The molecular weight excluding hydrogens is 276 g/mol. The molecule has 1 aliphatic carbocycles. The van der Waals surface area contributed by atoms with Crippen molar-refractivity contribution in [3.8, 4) is 0 Å². The van der Waals surface area contributed by atoms with E-state index in [1.807, 2.05) is 6.92 Å². The van der Waals surface area contributed by atoms with Gasteiger partial charge in [0, 0.05) is 4.90 Å². The number of hydrogen-bond acceptors (Lipinski definition) is 4. The molecule has 0 unspecified atom stereocenters. The molecule has 4 nitrogen and oxygen atoms in total. The minimum atomic E-state index is -0.958. The Balaban J connectivity index is 1.90. The number of aromatic carboxylic acids is 1. The minimum Gasteiger partial charge on any atom is -0.478 e. The summed E-state index contributed by atoms with van der Waals surface area (Å²) in [4.78, 5) is 23.5. The van der Waals surface area contributed by atoms with Gasteiger partial charge in [-0.1, -0.05) is 6.07 Å².